The molecule has 0 unspecified atom stereocenters. The average molecular weight is 1310 g/mol. The van der Waals surface area contributed by atoms with E-state index in [1.165, 1.54) is 48.5 Å². The van der Waals surface area contributed by atoms with Crippen LogP contribution in [0.1, 0.15) is 92.8 Å². The zero-order chi connectivity index (χ0) is 67.1. The lowest BCUT2D eigenvalue weighted by molar-refractivity contribution is 0.0966. The van der Waals surface area contributed by atoms with Crippen molar-refractivity contribution in [2.75, 3.05) is 150 Å². The van der Waals surface area contributed by atoms with Crippen LogP contribution in [0, 0.1) is 23.3 Å². The summed E-state index contributed by atoms with van der Waals surface area (Å²) >= 11 is 0. The van der Waals surface area contributed by atoms with Gasteiger partial charge >= 0.3 is 0 Å². The quantitative estimate of drug-likeness (QED) is 0.0417. The van der Waals surface area contributed by atoms with Gasteiger partial charge in [-0.3, -0.25) is 38.8 Å². The Morgan fingerprint density at radius 2 is 0.448 bits per heavy atom. The smallest absolute Gasteiger partial charge is 0.162 e. The van der Waals surface area contributed by atoms with Crippen LogP contribution in [0.5, 0.6) is 0 Å². The lowest BCUT2D eigenvalue weighted by Gasteiger charge is -2.35. The number of rotatable bonds is 24. The molecule has 0 N–H and O–H groups in total. The van der Waals surface area contributed by atoms with Crippen molar-refractivity contribution < 1.29 is 36.7 Å². The minimum atomic E-state index is -0.308. The van der Waals surface area contributed by atoms with Crippen LogP contribution in [0.3, 0.4) is 0 Å². The van der Waals surface area contributed by atoms with E-state index in [-0.39, 0.29) is 46.4 Å². The topological polar surface area (TPSA) is 146 Å². The van der Waals surface area contributed by atoms with Crippen molar-refractivity contribution in [3.63, 3.8) is 0 Å². The summed E-state index contributed by atoms with van der Waals surface area (Å²) in [6.07, 6.45) is 12.6. The fraction of sp³-hybridized carbons (Fsp3) is 0.368. The predicted molar refractivity (Wildman–Crippen MR) is 371 cm³/mol. The summed E-state index contributed by atoms with van der Waals surface area (Å²) in [7, 11) is 0. The number of piperazine rings is 4. The highest BCUT2D eigenvalue weighted by Crippen LogP contribution is 2.19. The van der Waals surface area contributed by atoms with E-state index in [0.717, 1.165) is 180 Å². The van der Waals surface area contributed by atoms with Gasteiger partial charge in [0.2, 0.25) is 0 Å². The third kappa shape index (κ3) is 23.7. The van der Waals surface area contributed by atoms with Crippen LogP contribution in [0.15, 0.2) is 195 Å². The maximum atomic E-state index is 12.9. The summed E-state index contributed by atoms with van der Waals surface area (Å²) in [5.41, 5.74) is 2.38. The van der Waals surface area contributed by atoms with E-state index in [4.69, 9.17) is 0 Å². The van der Waals surface area contributed by atoms with Crippen molar-refractivity contribution in [1.29, 1.82) is 0 Å². The molecule has 4 aliphatic rings. The summed E-state index contributed by atoms with van der Waals surface area (Å²) < 4.78 is 51.5. The first-order chi connectivity index (χ1) is 46.9. The number of carbonyl (C=O) groups excluding carboxylic acids is 4. The summed E-state index contributed by atoms with van der Waals surface area (Å²) in [6, 6.07) is 47.1. The number of nitrogens with zero attached hydrogens (tertiary/aromatic N) is 12. The highest BCUT2D eigenvalue weighted by atomic mass is 19.1. The molecule has 504 valence electrons. The molecule has 4 aromatic carbocycles. The molecule has 0 spiro atoms. The summed E-state index contributed by atoms with van der Waals surface area (Å²) in [5.74, 6) is 3.23. The van der Waals surface area contributed by atoms with Crippen LogP contribution in [-0.4, -0.2) is 194 Å². The van der Waals surface area contributed by atoms with Crippen molar-refractivity contribution in [2.24, 2.45) is 0 Å². The van der Waals surface area contributed by atoms with Crippen LogP contribution in [0.25, 0.3) is 0 Å². The molecule has 8 aromatic rings. The minimum Gasteiger partial charge on any atom is -0.354 e. The van der Waals surface area contributed by atoms with E-state index in [9.17, 15) is 36.7 Å². The molecule has 0 aliphatic carbocycles. The fourth-order valence-electron chi connectivity index (χ4n) is 11.9. The van der Waals surface area contributed by atoms with E-state index in [0.29, 0.717) is 47.9 Å². The first-order valence-corrected chi connectivity index (χ1v) is 33.6. The zero-order valence-corrected chi connectivity index (χ0v) is 54.8. The lowest BCUT2D eigenvalue weighted by atomic mass is 10.1. The van der Waals surface area contributed by atoms with Gasteiger partial charge in [0.1, 0.15) is 46.5 Å². The third-order valence-electron chi connectivity index (χ3n) is 17.6. The number of halogens is 4. The lowest BCUT2D eigenvalue weighted by Crippen LogP contribution is -2.46. The number of hydrogen-bond acceptors (Lipinski definition) is 16. The molecule has 8 heterocycles. The first kappa shape index (κ1) is 71.2. The molecule has 20 heteroatoms. The molecular weight excluding hydrogens is 1220 g/mol. The van der Waals surface area contributed by atoms with E-state index >= 15 is 0 Å². The molecule has 4 saturated heterocycles. The van der Waals surface area contributed by atoms with Gasteiger partial charge in [0, 0.05) is 177 Å². The molecule has 0 radical (unpaired) electrons. The Morgan fingerprint density at radius 1 is 0.260 bits per heavy atom. The first-order valence-electron chi connectivity index (χ1n) is 33.6. The summed E-state index contributed by atoms with van der Waals surface area (Å²) in [6.45, 7) is 19.3. The van der Waals surface area contributed by atoms with Crippen molar-refractivity contribution in [2.45, 2.75) is 51.4 Å². The van der Waals surface area contributed by atoms with Gasteiger partial charge in [-0.05, 0) is 197 Å². The highest BCUT2D eigenvalue weighted by Gasteiger charge is 2.22. The Morgan fingerprint density at radius 3 is 0.615 bits per heavy atom. The third-order valence-corrected chi connectivity index (χ3v) is 17.6. The van der Waals surface area contributed by atoms with Gasteiger partial charge in [-0.15, -0.1) is 0 Å². The van der Waals surface area contributed by atoms with Gasteiger partial charge in [-0.1, -0.05) is 24.3 Å². The standard InChI is InChI=1S/4C19H22FN3O/c4*20-17-8-6-16(7-9-17)18(24)4-3-11-22-12-14-23(15-13-22)19-5-1-2-10-21-19/h4*1-2,5-10H,3-4,11-15H2. The normalized spacial score (nSPS) is 15.5. The Balaban J connectivity index is 0.000000150. The van der Waals surface area contributed by atoms with Crippen LogP contribution in [-0.2, 0) is 0 Å². The molecule has 0 saturated carbocycles. The fourth-order valence-corrected chi connectivity index (χ4v) is 11.9. The van der Waals surface area contributed by atoms with E-state index in [1.807, 2.05) is 97.6 Å². The Bertz CT molecular complexity index is 3080. The van der Waals surface area contributed by atoms with Crippen molar-refractivity contribution in [3.05, 3.63) is 240 Å². The number of benzene rings is 4. The number of carbonyl (C=O) groups is 4. The second kappa shape index (κ2) is 38.5. The monoisotopic (exact) mass is 1310 g/mol. The number of pyridine rings is 4. The molecule has 4 fully saturated rings. The second-order valence-electron chi connectivity index (χ2n) is 24.2. The molecule has 12 rings (SSSR count). The molecule has 16 nitrogen and oxygen atoms in total. The summed E-state index contributed by atoms with van der Waals surface area (Å²) in [5, 5.41) is 0. The molecule has 0 bridgehead atoms. The average Bonchev–Trinajstić information content (AvgIpc) is 1.37. The predicted octanol–water partition coefficient (Wildman–Crippen LogP) is 12.0. The molecule has 96 heavy (non-hydrogen) atoms. The van der Waals surface area contributed by atoms with Crippen LogP contribution in [0.2, 0.25) is 0 Å². The number of Topliss-reactive ketones (excluding diaryl/α,β-unsaturated/α-hetero) is 4. The van der Waals surface area contributed by atoms with Gasteiger partial charge in [0.15, 0.2) is 23.1 Å². The van der Waals surface area contributed by atoms with Crippen LogP contribution < -0.4 is 19.6 Å². The van der Waals surface area contributed by atoms with Gasteiger partial charge in [-0.25, -0.2) is 37.5 Å². The van der Waals surface area contributed by atoms with Crippen molar-refractivity contribution in [1.82, 2.24) is 39.5 Å². The Labute approximate surface area is 562 Å². The number of anilines is 4. The maximum Gasteiger partial charge on any atom is 0.162 e. The SMILES string of the molecule is O=C(CCCN1CCN(c2ccccn2)CC1)c1ccc(F)cc1.O=C(CCCN1CCN(c2ccccn2)CC1)c1ccc(F)cc1.O=C(CCCN1CCN(c2ccccn2)CC1)c1ccc(F)cc1.O=C(CCCN1CCN(c2ccccn2)CC1)c1ccc(F)cc1. The van der Waals surface area contributed by atoms with Gasteiger partial charge in [-0.2, -0.15) is 0 Å². The van der Waals surface area contributed by atoms with Crippen molar-refractivity contribution >= 4 is 46.4 Å². The second-order valence-corrected chi connectivity index (χ2v) is 24.2. The largest absolute Gasteiger partial charge is 0.354 e. The minimum absolute atomic E-state index is 0.0853. The number of aromatic nitrogens is 4. The maximum absolute atomic E-state index is 12.9. The molecule has 0 atom stereocenters. The molecule has 4 aliphatic heterocycles. The van der Waals surface area contributed by atoms with E-state index in [2.05, 4.69) is 59.1 Å². The van der Waals surface area contributed by atoms with Crippen LogP contribution in [0.4, 0.5) is 40.8 Å². The van der Waals surface area contributed by atoms with Crippen LogP contribution >= 0.6 is 0 Å². The Hall–Kier alpha value is -9.08. The number of ketones is 4. The highest BCUT2D eigenvalue weighted by molar-refractivity contribution is 5.97. The van der Waals surface area contributed by atoms with E-state index < -0.39 is 0 Å². The van der Waals surface area contributed by atoms with Gasteiger partial charge in [0.05, 0.1) is 0 Å². The summed E-state index contributed by atoms with van der Waals surface area (Å²) in [4.78, 5) is 84.6. The van der Waals surface area contributed by atoms with Gasteiger partial charge in [0.25, 0.3) is 0 Å². The van der Waals surface area contributed by atoms with E-state index in [1.54, 1.807) is 48.5 Å². The Kier molecular flexibility index (Phi) is 28.5. The number of hydrogen-bond donors (Lipinski definition) is 0. The zero-order valence-electron chi connectivity index (χ0n) is 54.8. The van der Waals surface area contributed by atoms with Gasteiger partial charge < -0.3 is 19.6 Å². The molecule has 0 amide bonds. The molecular formula is C76H88F4N12O4. The van der Waals surface area contributed by atoms with Crippen molar-refractivity contribution in [3.8, 4) is 0 Å². The molecule has 4 aromatic heterocycles.